The van der Waals surface area contributed by atoms with Crippen LogP contribution in [0.25, 0.3) is 0 Å². The molecule has 0 aromatic heterocycles. The van der Waals surface area contributed by atoms with Gasteiger partial charge in [-0.3, -0.25) is 9.59 Å². The van der Waals surface area contributed by atoms with E-state index in [-0.39, 0.29) is 23.9 Å². The van der Waals surface area contributed by atoms with Crippen molar-refractivity contribution in [2.75, 3.05) is 10.6 Å². The highest BCUT2D eigenvalue weighted by Crippen LogP contribution is 2.38. The lowest BCUT2D eigenvalue weighted by Gasteiger charge is -2.33. The normalized spacial score (nSPS) is 21.5. The molecule has 2 aliphatic rings. The molecule has 2 N–H and O–H groups in total. The van der Waals surface area contributed by atoms with Crippen LogP contribution < -0.4 is 10.6 Å². The largest absolute Gasteiger partial charge is 0.378 e. The maximum absolute atomic E-state index is 13.0. The molecule has 0 radical (unpaired) electrons. The summed E-state index contributed by atoms with van der Waals surface area (Å²) in [5.41, 5.74) is 4.03. The van der Waals surface area contributed by atoms with E-state index in [0.717, 1.165) is 61.0 Å². The summed E-state index contributed by atoms with van der Waals surface area (Å²) in [6.07, 6.45) is 7.09. The summed E-state index contributed by atoms with van der Waals surface area (Å²) in [6.45, 7) is 0. The number of ketones is 2. The maximum atomic E-state index is 13.0. The first-order valence-corrected chi connectivity index (χ1v) is 14.4. The van der Waals surface area contributed by atoms with Crippen LogP contribution in [0.1, 0.15) is 74.6 Å². The zero-order valence-corrected chi connectivity index (χ0v) is 23.0. The molecule has 2 saturated carbocycles. The van der Waals surface area contributed by atoms with Gasteiger partial charge in [0.1, 0.15) is 11.6 Å². The Bertz CT molecular complexity index is 1140. The number of carbonyl (C=O) groups excluding carboxylic acids is 2. The standard InChI is InChI=1S/C32H34Cl2N2O2/c33-23-13-17-25(18-14-23)35-31(27-5-1-3-7-29(27)37)21-9-11-22(12-10-21)32(28-6-2-4-8-30(28)38)36-26-19-15-24(34)16-20-26/h9-20,27-28,31-32,35-36H,1-8H2. The molecule has 38 heavy (non-hydrogen) atoms. The summed E-state index contributed by atoms with van der Waals surface area (Å²) >= 11 is 12.2. The maximum Gasteiger partial charge on any atom is 0.138 e. The Kier molecular flexibility index (Phi) is 8.71. The van der Waals surface area contributed by atoms with Crippen molar-refractivity contribution < 1.29 is 9.59 Å². The molecule has 0 saturated heterocycles. The van der Waals surface area contributed by atoms with Crippen LogP contribution in [0.15, 0.2) is 72.8 Å². The van der Waals surface area contributed by atoms with Gasteiger partial charge in [-0.15, -0.1) is 0 Å². The summed E-state index contributed by atoms with van der Waals surface area (Å²) < 4.78 is 0. The molecule has 4 atom stereocenters. The highest BCUT2D eigenvalue weighted by atomic mass is 35.5. The van der Waals surface area contributed by atoms with Gasteiger partial charge in [-0.1, -0.05) is 60.3 Å². The van der Waals surface area contributed by atoms with E-state index in [1.54, 1.807) is 0 Å². The molecule has 0 bridgehead atoms. The molecule has 0 amide bonds. The summed E-state index contributed by atoms with van der Waals surface area (Å²) in [5, 5.41) is 8.61. The molecule has 4 unspecified atom stereocenters. The minimum Gasteiger partial charge on any atom is -0.378 e. The van der Waals surface area contributed by atoms with E-state index in [1.807, 2.05) is 48.5 Å². The Morgan fingerprint density at radius 1 is 0.553 bits per heavy atom. The van der Waals surface area contributed by atoms with Gasteiger partial charge in [0.25, 0.3) is 0 Å². The zero-order chi connectivity index (χ0) is 26.5. The molecule has 0 aliphatic heterocycles. The second-order valence-electron chi connectivity index (χ2n) is 10.6. The Morgan fingerprint density at radius 3 is 1.26 bits per heavy atom. The van der Waals surface area contributed by atoms with Gasteiger partial charge in [-0.2, -0.15) is 0 Å². The zero-order valence-electron chi connectivity index (χ0n) is 21.5. The Morgan fingerprint density at radius 2 is 0.921 bits per heavy atom. The van der Waals surface area contributed by atoms with Crippen molar-refractivity contribution in [2.45, 2.75) is 63.5 Å². The molecule has 0 heterocycles. The van der Waals surface area contributed by atoms with Crippen molar-refractivity contribution in [2.24, 2.45) is 11.8 Å². The van der Waals surface area contributed by atoms with Crippen LogP contribution >= 0.6 is 23.2 Å². The highest BCUT2D eigenvalue weighted by molar-refractivity contribution is 6.30. The van der Waals surface area contributed by atoms with Crippen LogP contribution in [0.5, 0.6) is 0 Å². The minimum absolute atomic E-state index is 0.0758. The van der Waals surface area contributed by atoms with E-state index in [0.29, 0.717) is 34.5 Å². The lowest BCUT2D eigenvalue weighted by molar-refractivity contribution is -0.125. The van der Waals surface area contributed by atoms with E-state index >= 15 is 0 Å². The third kappa shape index (κ3) is 6.42. The minimum atomic E-state index is -0.128. The van der Waals surface area contributed by atoms with Crippen LogP contribution in [0.2, 0.25) is 10.0 Å². The van der Waals surface area contributed by atoms with Gasteiger partial charge in [-0.05, 0) is 85.3 Å². The van der Waals surface area contributed by atoms with E-state index < -0.39 is 0 Å². The molecule has 2 fully saturated rings. The molecule has 3 aromatic carbocycles. The number of nitrogens with one attached hydrogen (secondary N) is 2. The average molecular weight is 550 g/mol. The van der Waals surface area contributed by atoms with Gasteiger partial charge in [0.2, 0.25) is 0 Å². The van der Waals surface area contributed by atoms with E-state index in [9.17, 15) is 9.59 Å². The lowest BCUT2D eigenvalue weighted by Crippen LogP contribution is -2.31. The van der Waals surface area contributed by atoms with Crippen molar-refractivity contribution in [3.05, 3.63) is 94.0 Å². The summed E-state index contributed by atoms with van der Waals surface area (Å²) in [7, 11) is 0. The molecule has 4 nitrogen and oxygen atoms in total. The van der Waals surface area contributed by atoms with E-state index in [1.165, 1.54) is 0 Å². The predicted molar refractivity (Wildman–Crippen MR) is 156 cm³/mol. The molecule has 198 valence electrons. The van der Waals surface area contributed by atoms with Gasteiger partial charge >= 0.3 is 0 Å². The molecule has 2 aliphatic carbocycles. The van der Waals surface area contributed by atoms with E-state index in [2.05, 4.69) is 34.9 Å². The topological polar surface area (TPSA) is 58.2 Å². The summed E-state index contributed by atoms with van der Waals surface area (Å²) in [5.74, 6) is 0.491. The van der Waals surface area contributed by atoms with E-state index in [4.69, 9.17) is 23.2 Å². The number of hydrogen-bond acceptors (Lipinski definition) is 4. The summed E-state index contributed by atoms with van der Waals surface area (Å²) in [4.78, 5) is 26.0. The first-order chi connectivity index (χ1) is 18.5. The van der Waals surface area contributed by atoms with Crippen molar-refractivity contribution in [1.82, 2.24) is 0 Å². The average Bonchev–Trinajstić information content (AvgIpc) is 2.94. The number of halogens is 2. The quantitative estimate of drug-likeness (QED) is 0.295. The monoisotopic (exact) mass is 548 g/mol. The molecular formula is C32H34Cl2N2O2. The Balaban J connectivity index is 1.44. The summed E-state index contributed by atoms with van der Waals surface area (Å²) in [6, 6.07) is 23.5. The number of anilines is 2. The van der Waals surface area contributed by atoms with Crippen LogP contribution in [-0.2, 0) is 9.59 Å². The predicted octanol–water partition coefficient (Wildman–Crippen LogP) is 8.82. The molecule has 3 aromatic rings. The fourth-order valence-corrected chi connectivity index (χ4v) is 6.17. The van der Waals surface area contributed by atoms with Crippen LogP contribution in [0.4, 0.5) is 11.4 Å². The van der Waals surface area contributed by atoms with Crippen molar-refractivity contribution in [3.8, 4) is 0 Å². The highest BCUT2D eigenvalue weighted by Gasteiger charge is 2.33. The third-order valence-electron chi connectivity index (χ3n) is 8.00. The molecule has 5 rings (SSSR count). The second kappa shape index (κ2) is 12.4. The Hall–Kier alpha value is -2.82. The smallest absolute Gasteiger partial charge is 0.138 e. The first-order valence-electron chi connectivity index (χ1n) is 13.7. The first kappa shape index (κ1) is 26.8. The van der Waals surface area contributed by atoms with Gasteiger partial charge < -0.3 is 10.6 Å². The number of hydrogen-bond donors (Lipinski definition) is 2. The van der Waals surface area contributed by atoms with Gasteiger partial charge in [0.05, 0.1) is 12.1 Å². The molecule has 0 spiro atoms. The van der Waals surface area contributed by atoms with Gasteiger partial charge in [-0.25, -0.2) is 0 Å². The SMILES string of the molecule is O=C1CCCCC1C(Nc1ccc(Cl)cc1)c1ccc(C(Nc2ccc(Cl)cc2)C2CCCCC2=O)cc1. The number of benzene rings is 3. The molecular weight excluding hydrogens is 515 g/mol. The van der Waals surface area contributed by atoms with Crippen LogP contribution in [0, 0.1) is 11.8 Å². The van der Waals surface area contributed by atoms with Crippen molar-refractivity contribution in [3.63, 3.8) is 0 Å². The van der Waals surface area contributed by atoms with Crippen molar-refractivity contribution >= 4 is 46.1 Å². The number of rotatable bonds is 8. The fraction of sp³-hybridized carbons (Fsp3) is 0.375. The van der Waals surface area contributed by atoms with Crippen molar-refractivity contribution in [1.29, 1.82) is 0 Å². The Labute approximate surface area is 235 Å². The number of Topliss-reactive ketones (excluding diaryl/α,β-unsaturated/α-hetero) is 2. The fourth-order valence-electron chi connectivity index (χ4n) is 5.92. The van der Waals surface area contributed by atoms with Crippen LogP contribution in [0.3, 0.4) is 0 Å². The second-order valence-corrected chi connectivity index (χ2v) is 11.4. The third-order valence-corrected chi connectivity index (χ3v) is 8.50. The van der Waals surface area contributed by atoms with Gasteiger partial charge in [0, 0.05) is 46.1 Å². The lowest BCUT2D eigenvalue weighted by atomic mass is 9.78. The number of carbonyl (C=O) groups is 2. The van der Waals surface area contributed by atoms with Crippen LogP contribution in [-0.4, -0.2) is 11.6 Å². The van der Waals surface area contributed by atoms with Gasteiger partial charge in [0.15, 0.2) is 0 Å². The molecule has 6 heteroatoms.